The third kappa shape index (κ3) is 5.21. The molecule has 6 saturated carbocycles. The van der Waals surface area contributed by atoms with Gasteiger partial charge in [-0.1, -0.05) is 48.5 Å². The SMILES string of the molecule is CCN1CCN(C(=O)[C@]23CC[C@@H](C4(C)CC4)[C@@H]2[C@H]2CC[C@@H]4[C@@]5(C)CC[C@H](OC(=O)CC(C)(C)C(=O)O)C(C)(C)[C@@H]5CC[C@@]4(C)[C@]2(C)CC3)CC1. The number of fused-ring (bicyclic) bond motifs is 7. The molecule has 50 heavy (non-hydrogen) atoms. The van der Waals surface area contributed by atoms with Gasteiger partial charge in [0.1, 0.15) is 6.10 Å². The monoisotopic (exact) mass is 695 g/mol. The van der Waals surface area contributed by atoms with Crippen LogP contribution in [0.3, 0.4) is 0 Å². The van der Waals surface area contributed by atoms with Crippen molar-refractivity contribution < 1.29 is 24.2 Å². The van der Waals surface area contributed by atoms with Crippen LogP contribution in [0, 0.1) is 67.5 Å². The van der Waals surface area contributed by atoms with Crippen LogP contribution in [0.4, 0.5) is 0 Å². The Labute approximate surface area is 303 Å². The minimum absolute atomic E-state index is 0.0998. The van der Waals surface area contributed by atoms with Crippen molar-refractivity contribution in [3.8, 4) is 0 Å². The van der Waals surface area contributed by atoms with Gasteiger partial charge in [0, 0.05) is 31.6 Å². The predicted octanol–water partition coefficient (Wildman–Crippen LogP) is 8.44. The van der Waals surface area contributed by atoms with E-state index in [2.05, 4.69) is 58.3 Å². The van der Waals surface area contributed by atoms with Crippen LogP contribution in [0.15, 0.2) is 0 Å². The second-order valence-electron chi connectivity index (χ2n) is 21.1. The molecule has 0 unspecified atom stereocenters. The highest BCUT2D eigenvalue weighted by Crippen LogP contribution is 2.79. The third-order valence-electron chi connectivity index (χ3n) is 18.3. The number of ether oxygens (including phenoxy) is 1. The molecule has 7 rings (SSSR count). The van der Waals surface area contributed by atoms with Gasteiger partial charge < -0.3 is 19.6 Å². The molecule has 1 aliphatic heterocycles. The molecule has 0 spiro atoms. The number of rotatable bonds is 7. The van der Waals surface area contributed by atoms with Crippen LogP contribution in [0.1, 0.15) is 146 Å². The first kappa shape index (κ1) is 36.7. The maximum Gasteiger partial charge on any atom is 0.309 e. The number of aliphatic carboxylic acids is 1. The molecule has 0 aromatic carbocycles. The van der Waals surface area contributed by atoms with Gasteiger partial charge in [-0.15, -0.1) is 0 Å². The van der Waals surface area contributed by atoms with E-state index in [4.69, 9.17) is 4.74 Å². The maximum absolute atomic E-state index is 15.0. The van der Waals surface area contributed by atoms with Crippen LogP contribution >= 0.6 is 0 Å². The van der Waals surface area contributed by atoms with Crippen molar-refractivity contribution in [2.75, 3.05) is 32.7 Å². The Kier molecular flexibility index (Phi) is 8.77. The number of hydrogen-bond donors (Lipinski definition) is 1. The first-order chi connectivity index (χ1) is 23.3. The fraction of sp³-hybridized carbons (Fsp3) is 0.930. The summed E-state index contributed by atoms with van der Waals surface area (Å²) in [5, 5.41) is 9.62. The number of carboxylic acid groups (broad SMARTS) is 1. The number of piperazine rings is 1. The normalized spacial score (nSPS) is 45.0. The zero-order chi connectivity index (χ0) is 36.3. The van der Waals surface area contributed by atoms with Crippen LogP contribution < -0.4 is 0 Å². The Morgan fingerprint density at radius 2 is 1.42 bits per heavy atom. The molecule has 10 atom stereocenters. The molecule has 1 saturated heterocycles. The van der Waals surface area contributed by atoms with Gasteiger partial charge in [0.2, 0.25) is 5.91 Å². The van der Waals surface area contributed by atoms with E-state index in [0.717, 1.165) is 64.8 Å². The summed E-state index contributed by atoms with van der Waals surface area (Å²) >= 11 is 0. The number of carboxylic acids is 1. The van der Waals surface area contributed by atoms with Crippen LogP contribution in [0.5, 0.6) is 0 Å². The van der Waals surface area contributed by atoms with Crippen LogP contribution in [0.2, 0.25) is 0 Å². The molecule has 0 radical (unpaired) electrons. The van der Waals surface area contributed by atoms with Crippen molar-refractivity contribution in [1.82, 2.24) is 9.80 Å². The summed E-state index contributed by atoms with van der Waals surface area (Å²) in [6.07, 6.45) is 13.7. The highest BCUT2D eigenvalue weighted by molar-refractivity contribution is 5.84. The summed E-state index contributed by atoms with van der Waals surface area (Å²) in [4.78, 5) is 44.6. The van der Waals surface area contributed by atoms with Gasteiger partial charge in [0.15, 0.2) is 0 Å². The van der Waals surface area contributed by atoms with E-state index in [1.165, 1.54) is 44.9 Å². The zero-order valence-corrected chi connectivity index (χ0v) is 33.2. The molecule has 1 heterocycles. The molecule has 0 aromatic heterocycles. The fourth-order valence-corrected chi connectivity index (χ4v) is 14.7. The van der Waals surface area contributed by atoms with E-state index >= 15 is 0 Å². The van der Waals surface area contributed by atoms with Gasteiger partial charge in [0.25, 0.3) is 0 Å². The van der Waals surface area contributed by atoms with Crippen molar-refractivity contribution in [1.29, 1.82) is 0 Å². The molecular weight excluding hydrogens is 624 g/mol. The number of nitrogens with zero attached hydrogens (tertiary/aromatic N) is 2. The van der Waals surface area contributed by atoms with Gasteiger partial charge in [-0.25, -0.2) is 0 Å². The van der Waals surface area contributed by atoms with E-state index in [0.29, 0.717) is 40.9 Å². The van der Waals surface area contributed by atoms with Gasteiger partial charge in [0.05, 0.1) is 17.3 Å². The van der Waals surface area contributed by atoms with Crippen LogP contribution in [-0.2, 0) is 19.1 Å². The maximum atomic E-state index is 15.0. The molecule has 0 aromatic rings. The van der Waals surface area contributed by atoms with E-state index in [9.17, 15) is 19.5 Å². The van der Waals surface area contributed by atoms with Crippen LogP contribution in [-0.4, -0.2) is 71.6 Å². The number of carbonyl (C=O) groups is 3. The van der Waals surface area contributed by atoms with Crippen LogP contribution in [0.25, 0.3) is 0 Å². The molecular formula is C43H70N2O5. The number of amides is 1. The molecule has 7 fully saturated rings. The quantitative estimate of drug-likeness (QED) is 0.269. The van der Waals surface area contributed by atoms with Crippen molar-refractivity contribution in [2.24, 2.45) is 67.5 Å². The minimum Gasteiger partial charge on any atom is -0.481 e. The second kappa shape index (κ2) is 11.9. The van der Waals surface area contributed by atoms with Crippen molar-refractivity contribution >= 4 is 17.8 Å². The fourth-order valence-electron chi connectivity index (χ4n) is 14.7. The number of esters is 1. The minimum atomic E-state index is -1.13. The molecule has 0 bridgehead atoms. The third-order valence-corrected chi connectivity index (χ3v) is 18.3. The van der Waals surface area contributed by atoms with Gasteiger partial charge >= 0.3 is 11.9 Å². The predicted molar refractivity (Wildman–Crippen MR) is 196 cm³/mol. The van der Waals surface area contributed by atoms with Crippen molar-refractivity contribution in [3.05, 3.63) is 0 Å². The molecule has 7 aliphatic rings. The van der Waals surface area contributed by atoms with E-state index < -0.39 is 11.4 Å². The standard InChI is InChI=1S/C43H70N2O5/c1-10-44-23-25-45(26-24-44)35(47)43-18-13-28(39(6)19-20-39)34(43)29-11-12-31-40(7)16-15-32(50-33(46)27-37(2,3)36(48)49)38(4,5)30(40)14-17-42(31,9)41(29,8)21-22-43/h28-32,34H,10-27H2,1-9H3,(H,48,49)/t28-,29-,30+,31-,32+,34-,40+,41-,42-,43+/m1/s1. The Hall–Kier alpha value is -1.63. The lowest BCUT2D eigenvalue weighted by molar-refractivity contribution is -0.251. The first-order valence-electron chi connectivity index (χ1n) is 20.7. The Morgan fingerprint density at radius 1 is 0.740 bits per heavy atom. The summed E-state index contributed by atoms with van der Waals surface area (Å²) in [6, 6.07) is 0. The summed E-state index contributed by atoms with van der Waals surface area (Å²) in [5.41, 5.74) is -0.469. The average Bonchev–Trinajstić information content (AvgIpc) is 3.67. The largest absolute Gasteiger partial charge is 0.481 e. The van der Waals surface area contributed by atoms with Crippen molar-refractivity contribution in [3.63, 3.8) is 0 Å². The Morgan fingerprint density at radius 3 is 2.04 bits per heavy atom. The molecule has 1 N–H and O–H groups in total. The van der Waals surface area contributed by atoms with Gasteiger partial charge in [-0.2, -0.15) is 0 Å². The summed E-state index contributed by atoms with van der Waals surface area (Å²) < 4.78 is 6.21. The van der Waals surface area contributed by atoms with E-state index in [1.807, 2.05) is 0 Å². The number of likely N-dealkylation sites (N-methyl/N-ethyl adjacent to an activating group) is 1. The summed E-state index contributed by atoms with van der Waals surface area (Å²) in [5.74, 6) is 2.03. The Balaban J connectivity index is 1.15. The highest BCUT2D eigenvalue weighted by Gasteiger charge is 2.73. The number of hydrogen-bond acceptors (Lipinski definition) is 5. The molecule has 1 amide bonds. The summed E-state index contributed by atoms with van der Waals surface area (Å²) in [6.45, 7) is 25.5. The van der Waals surface area contributed by atoms with Gasteiger partial charge in [-0.3, -0.25) is 14.4 Å². The second-order valence-corrected chi connectivity index (χ2v) is 21.1. The first-order valence-corrected chi connectivity index (χ1v) is 20.7. The topological polar surface area (TPSA) is 87.2 Å². The molecule has 7 nitrogen and oxygen atoms in total. The summed E-state index contributed by atoms with van der Waals surface area (Å²) in [7, 11) is 0. The molecule has 6 aliphatic carbocycles. The van der Waals surface area contributed by atoms with E-state index in [1.54, 1.807) is 13.8 Å². The average molecular weight is 695 g/mol. The lowest BCUT2D eigenvalue weighted by Crippen LogP contribution is -2.68. The van der Waals surface area contributed by atoms with E-state index in [-0.39, 0.29) is 45.6 Å². The Bertz CT molecular complexity index is 1380. The zero-order valence-electron chi connectivity index (χ0n) is 33.2. The number of carbonyl (C=O) groups excluding carboxylic acids is 2. The smallest absolute Gasteiger partial charge is 0.309 e. The lowest BCUT2D eigenvalue weighted by Gasteiger charge is -2.73. The van der Waals surface area contributed by atoms with Gasteiger partial charge in [-0.05, 0) is 149 Å². The molecule has 7 heteroatoms. The highest BCUT2D eigenvalue weighted by atomic mass is 16.5. The lowest BCUT2D eigenvalue weighted by atomic mass is 9.32. The van der Waals surface area contributed by atoms with Crippen molar-refractivity contribution in [2.45, 2.75) is 152 Å². The molecule has 282 valence electrons.